The molecule has 0 radical (unpaired) electrons. The highest BCUT2D eigenvalue weighted by Crippen LogP contribution is 2.29. The third-order valence-electron chi connectivity index (χ3n) is 2.29. The number of carbonyl (C=O) groups is 1. The topological polar surface area (TPSA) is 64.1 Å². The Morgan fingerprint density at radius 2 is 2.11 bits per heavy atom. The van der Waals surface area contributed by atoms with Crippen LogP contribution in [0.4, 0.5) is 0 Å². The molecule has 0 aliphatic rings. The number of carbonyl (C=O) groups excluding carboxylic acids is 1. The number of thioether (sulfide) groups is 2. The van der Waals surface area contributed by atoms with Crippen LogP contribution in [0.5, 0.6) is 0 Å². The lowest BCUT2D eigenvalue weighted by atomic mass is 10.0. The molecule has 8 heteroatoms. The molecule has 1 rings (SSSR count). The summed E-state index contributed by atoms with van der Waals surface area (Å²) in [6.07, 6.45) is 1.97. The van der Waals surface area contributed by atoms with Crippen molar-refractivity contribution in [3.05, 3.63) is 0 Å². The summed E-state index contributed by atoms with van der Waals surface area (Å²) in [6, 6.07) is 0.195. The van der Waals surface area contributed by atoms with Gasteiger partial charge in [-0.2, -0.15) is 0 Å². The van der Waals surface area contributed by atoms with E-state index in [0.717, 1.165) is 8.68 Å². The van der Waals surface area contributed by atoms with Crippen LogP contribution in [0.25, 0.3) is 0 Å². The monoisotopic (exact) mass is 321 g/mol. The number of hydrogen-bond acceptors (Lipinski definition) is 8. The van der Waals surface area contributed by atoms with E-state index in [4.69, 9.17) is 4.74 Å². The van der Waals surface area contributed by atoms with Crippen molar-refractivity contribution in [2.45, 2.75) is 41.0 Å². The van der Waals surface area contributed by atoms with E-state index < -0.39 is 5.54 Å². The van der Waals surface area contributed by atoms with Gasteiger partial charge in [0.15, 0.2) is 8.68 Å². The van der Waals surface area contributed by atoms with E-state index in [9.17, 15) is 4.79 Å². The summed E-state index contributed by atoms with van der Waals surface area (Å²) in [6.45, 7) is 5.85. The van der Waals surface area contributed by atoms with Crippen LogP contribution in [-0.2, 0) is 9.53 Å². The largest absolute Gasteiger partial charge is 0.468 e. The molecule has 1 heterocycles. The Labute approximate surface area is 126 Å². The summed E-state index contributed by atoms with van der Waals surface area (Å²) in [4.78, 5) is 11.9. The van der Waals surface area contributed by atoms with Gasteiger partial charge in [0, 0.05) is 11.8 Å². The molecule has 0 saturated carbocycles. The summed E-state index contributed by atoms with van der Waals surface area (Å²) in [5.41, 5.74) is -0.723. The van der Waals surface area contributed by atoms with Crippen LogP contribution in [0.1, 0.15) is 20.8 Å². The maximum absolute atomic E-state index is 11.9. The molecule has 0 saturated heterocycles. The minimum Gasteiger partial charge on any atom is -0.468 e. The average molecular weight is 321 g/mol. The lowest BCUT2D eigenvalue weighted by Crippen LogP contribution is -2.54. The summed E-state index contributed by atoms with van der Waals surface area (Å²) in [5.74, 6) is 0.296. The molecular weight excluding hydrogens is 302 g/mol. The second-order valence-electron chi connectivity index (χ2n) is 4.45. The molecule has 1 aromatic rings. The maximum atomic E-state index is 11.9. The molecule has 5 nitrogen and oxygen atoms in total. The van der Waals surface area contributed by atoms with Gasteiger partial charge in [-0.1, -0.05) is 34.9 Å². The van der Waals surface area contributed by atoms with Gasteiger partial charge in [0.05, 0.1) is 7.11 Å². The molecule has 0 bridgehead atoms. The minimum absolute atomic E-state index is 0.195. The van der Waals surface area contributed by atoms with Gasteiger partial charge in [0.25, 0.3) is 0 Å². The molecule has 19 heavy (non-hydrogen) atoms. The normalized spacial score (nSPS) is 14.4. The Hall–Kier alpha value is -0.310. The minimum atomic E-state index is -0.723. The van der Waals surface area contributed by atoms with Crippen molar-refractivity contribution in [3.63, 3.8) is 0 Å². The molecule has 1 atom stereocenters. The lowest BCUT2D eigenvalue weighted by molar-refractivity contribution is -0.147. The molecule has 1 aromatic heterocycles. The third-order valence-corrected chi connectivity index (χ3v) is 5.64. The van der Waals surface area contributed by atoms with Gasteiger partial charge in [0.2, 0.25) is 0 Å². The zero-order chi connectivity index (χ0) is 14.5. The van der Waals surface area contributed by atoms with Gasteiger partial charge >= 0.3 is 5.97 Å². The van der Waals surface area contributed by atoms with Crippen molar-refractivity contribution in [3.8, 4) is 0 Å². The van der Waals surface area contributed by atoms with Crippen molar-refractivity contribution in [1.29, 1.82) is 0 Å². The third kappa shape index (κ3) is 4.94. The number of nitrogens with one attached hydrogen (secondary N) is 1. The molecule has 0 fully saturated rings. The van der Waals surface area contributed by atoms with E-state index in [-0.39, 0.29) is 12.0 Å². The first-order valence-corrected chi connectivity index (χ1v) is 8.80. The molecule has 0 amide bonds. The number of ether oxygens (including phenoxy) is 1. The van der Waals surface area contributed by atoms with Crippen molar-refractivity contribution >= 4 is 40.8 Å². The molecule has 1 N–H and O–H groups in total. The Bertz CT molecular complexity index is 425. The first-order chi connectivity index (χ1) is 8.91. The zero-order valence-corrected chi connectivity index (χ0v) is 14.2. The summed E-state index contributed by atoms with van der Waals surface area (Å²) in [7, 11) is 1.41. The second kappa shape index (κ2) is 7.47. The highest BCUT2D eigenvalue weighted by molar-refractivity contribution is 8.03. The van der Waals surface area contributed by atoms with Crippen LogP contribution in [0.15, 0.2) is 8.68 Å². The van der Waals surface area contributed by atoms with Crippen molar-refractivity contribution in [1.82, 2.24) is 15.5 Å². The SMILES string of the molecule is COC(=O)C(C)(CSc1nnc(SC)s1)NC(C)C. The van der Waals surface area contributed by atoms with Crippen molar-refractivity contribution < 1.29 is 9.53 Å². The fraction of sp³-hybridized carbons (Fsp3) is 0.727. The van der Waals surface area contributed by atoms with Crippen LogP contribution in [0.2, 0.25) is 0 Å². The van der Waals surface area contributed by atoms with Crippen LogP contribution in [-0.4, -0.2) is 46.9 Å². The number of rotatable bonds is 7. The summed E-state index contributed by atoms with van der Waals surface area (Å²) in [5, 5.41) is 11.4. The van der Waals surface area contributed by atoms with E-state index in [1.165, 1.54) is 30.2 Å². The molecule has 0 aliphatic heterocycles. The Morgan fingerprint density at radius 1 is 1.47 bits per heavy atom. The van der Waals surface area contributed by atoms with Gasteiger partial charge in [-0.25, -0.2) is 0 Å². The van der Waals surface area contributed by atoms with Gasteiger partial charge in [-0.3, -0.25) is 10.1 Å². The van der Waals surface area contributed by atoms with Crippen LogP contribution < -0.4 is 5.32 Å². The zero-order valence-electron chi connectivity index (χ0n) is 11.7. The Morgan fingerprint density at radius 3 is 2.58 bits per heavy atom. The fourth-order valence-electron chi connectivity index (χ4n) is 1.57. The smallest absolute Gasteiger partial charge is 0.326 e. The number of esters is 1. The first kappa shape index (κ1) is 16.7. The quantitative estimate of drug-likeness (QED) is 0.610. The van der Waals surface area contributed by atoms with Crippen LogP contribution >= 0.6 is 34.9 Å². The molecule has 108 valence electrons. The summed E-state index contributed by atoms with van der Waals surface area (Å²) < 4.78 is 6.68. The number of nitrogens with zero attached hydrogens (tertiary/aromatic N) is 2. The second-order valence-corrected chi connectivity index (χ2v) is 7.70. The van der Waals surface area contributed by atoms with Crippen LogP contribution in [0, 0.1) is 0 Å². The van der Waals surface area contributed by atoms with E-state index in [1.807, 2.05) is 27.0 Å². The van der Waals surface area contributed by atoms with Crippen LogP contribution in [0.3, 0.4) is 0 Å². The first-order valence-electron chi connectivity index (χ1n) is 5.77. The van der Waals surface area contributed by atoms with E-state index in [0.29, 0.717) is 5.75 Å². The standard InChI is InChI=1S/C11H19N3O2S3/c1-7(2)12-11(3,8(15)16-4)6-18-10-14-13-9(17-5)19-10/h7,12H,6H2,1-5H3. The summed E-state index contributed by atoms with van der Waals surface area (Å²) >= 11 is 4.62. The number of methoxy groups -OCH3 is 1. The van der Waals surface area contributed by atoms with Gasteiger partial charge in [-0.15, -0.1) is 10.2 Å². The van der Waals surface area contributed by atoms with Gasteiger partial charge in [0.1, 0.15) is 5.54 Å². The maximum Gasteiger partial charge on any atom is 0.326 e. The predicted molar refractivity (Wildman–Crippen MR) is 81.1 cm³/mol. The Kier molecular flexibility index (Phi) is 6.58. The average Bonchev–Trinajstić information content (AvgIpc) is 2.82. The van der Waals surface area contributed by atoms with E-state index in [1.54, 1.807) is 11.8 Å². The lowest BCUT2D eigenvalue weighted by Gasteiger charge is -2.29. The molecular formula is C11H19N3O2S3. The van der Waals surface area contributed by atoms with E-state index in [2.05, 4.69) is 15.5 Å². The van der Waals surface area contributed by atoms with Crippen molar-refractivity contribution in [2.24, 2.45) is 0 Å². The molecule has 0 aromatic carbocycles. The molecule has 0 aliphatic carbocycles. The van der Waals surface area contributed by atoms with Gasteiger partial charge in [-0.05, 0) is 27.0 Å². The molecule has 0 spiro atoms. The highest BCUT2D eigenvalue weighted by Gasteiger charge is 2.35. The molecule has 1 unspecified atom stereocenters. The number of aromatic nitrogens is 2. The highest BCUT2D eigenvalue weighted by atomic mass is 32.2. The fourth-order valence-corrected chi connectivity index (χ4v) is 4.09. The number of hydrogen-bond donors (Lipinski definition) is 1. The predicted octanol–water partition coefficient (Wildman–Crippen LogP) is 2.28. The van der Waals surface area contributed by atoms with Gasteiger partial charge < -0.3 is 4.74 Å². The van der Waals surface area contributed by atoms with Crippen molar-refractivity contribution in [2.75, 3.05) is 19.1 Å². The Balaban J connectivity index is 2.69. The van der Waals surface area contributed by atoms with E-state index >= 15 is 0 Å².